The van der Waals surface area contributed by atoms with E-state index in [9.17, 15) is 9.18 Å². The monoisotopic (exact) mass is 372 g/mol. The van der Waals surface area contributed by atoms with E-state index in [2.05, 4.69) is 10.4 Å². The van der Waals surface area contributed by atoms with Gasteiger partial charge in [-0.3, -0.25) is 4.79 Å². The Morgan fingerprint density at radius 3 is 2.54 bits per heavy atom. The summed E-state index contributed by atoms with van der Waals surface area (Å²) in [7, 11) is 3.77. The summed E-state index contributed by atoms with van der Waals surface area (Å²) in [4.78, 5) is 14.6. The van der Waals surface area contributed by atoms with Crippen LogP contribution in [0.1, 0.15) is 16.1 Å². The number of hydrogen-bond acceptors (Lipinski definition) is 3. The molecule has 134 valence electrons. The Morgan fingerprint density at radius 1 is 1.19 bits per heavy atom. The van der Waals surface area contributed by atoms with Crippen LogP contribution < -0.4 is 10.2 Å². The Labute approximate surface area is 156 Å². The van der Waals surface area contributed by atoms with Gasteiger partial charge >= 0.3 is 0 Å². The Balaban J connectivity index is 1.90. The second kappa shape index (κ2) is 7.17. The number of carbonyl (C=O) groups is 1. The molecule has 7 heteroatoms. The maximum absolute atomic E-state index is 13.1. The lowest BCUT2D eigenvalue weighted by Gasteiger charge is -2.18. The molecule has 0 saturated carbocycles. The fourth-order valence-corrected chi connectivity index (χ4v) is 2.84. The first-order chi connectivity index (χ1) is 12.4. The summed E-state index contributed by atoms with van der Waals surface area (Å²) in [5.41, 5.74) is 3.22. The molecular weight excluding hydrogens is 355 g/mol. The third kappa shape index (κ3) is 3.55. The van der Waals surface area contributed by atoms with E-state index < -0.39 is 0 Å². The molecule has 1 heterocycles. The molecule has 0 aliphatic rings. The number of carbonyl (C=O) groups excluding carboxylic acids is 1. The van der Waals surface area contributed by atoms with Crippen LogP contribution in [0.25, 0.3) is 5.69 Å². The van der Waals surface area contributed by atoms with Gasteiger partial charge in [0.15, 0.2) is 0 Å². The lowest BCUT2D eigenvalue weighted by Crippen LogP contribution is -2.17. The topological polar surface area (TPSA) is 50.2 Å². The molecule has 0 unspecified atom stereocenters. The fourth-order valence-electron chi connectivity index (χ4n) is 2.66. The van der Waals surface area contributed by atoms with Crippen molar-refractivity contribution in [1.82, 2.24) is 9.78 Å². The first-order valence-corrected chi connectivity index (χ1v) is 8.33. The molecule has 0 aliphatic carbocycles. The summed E-state index contributed by atoms with van der Waals surface area (Å²) < 4.78 is 14.7. The smallest absolute Gasteiger partial charge is 0.259 e. The molecule has 0 fully saturated rings. The summed E-state index contributed by atoms with van der Waals surface area (Å²) in [6.07, 6.45) is 1.49. The van der Waals surface area contributed by atoms with Crippen LogP contribution in [0.15, 0.2) is 48.7 Å². The summed E-state index contributed by atoms with van der Waals surface area (Å²) in [5, 5.41) is 7.67. The zero-order valence-electron chi connectivity index (χ0n) is 14.6. The molecule has 5 nitrogen and oxygen atoms in total. The summed E-state index contributed by atoms with van der Waals surface area (Å²) in [6.45, 7) is 1.79. The predicted molar refractivity (Wildman–Crippen MR) is 102 cm³/mol. The number of benzene rings is 2. The van der Waals surface area contributed by atoms with Crippen LogP contribution in [-0.4, -0.2) is 29.8 Å². The Hall–Kier alpha value is -2.86. The van der Waals surface area contributed by atoms with E-state index in [-0.39, 0.29) is 11.7 Å². The molecule has 1 aromatic heterocycles. The second-order valence-electron chi connectivity index (χ2n) is 6.04. The second-order valence-corrected chi connectivity index (χ2v) is 6.48. The zero-order valence-corrected chi connectivity index (χ0v) is 15.4. The predicted octanol–water partition coefficient (Wildman–Crippen LogP) is 4.29. The van der Waals surface area contributed by atoms with Gasteiger partial charge in [0, 0.05) is 19.1 Å². The van der Waals surface area contributed by atoms with E-state index in [1.165, 1.54) is 18.3 Å². The van der Waals surface area contributed by atoms with Crippen molar-refractivity contribution in [2.45, 2.75) is 6.92 Å². The van der Waals surface area contributed by atoms with Gasteiger partial charge in [0.2, 0.25) is 0 Å². The van der Waals surface area contributed by atoms with E-state index in [0.717, 1.165) is 5.69 Å². The SMILES string of the molecule is Cc1c(C(=O)Nc2cc(Cl)ccc2N(C)C)cnn1-c1ccc(F)cc1. The van der Waals surface area contributed by atoms with Crippen LogP contribution in [0.3, 0.4) is 0 Å². The van der Waals surface area contributed by atoms with E-state index in [4.69, 9.17) is 11.6 Å². The Kier molecular flexibility index (Phi) is 4.95. The zero-order chi connectivity index (χ0) is 18.8. The van der Waals surface area contributed by atoms with Crippen LogP contribution in [0.2, 0.25) is 5.02 Å². The van der Waals surface area contributed by atoms with E-state index in [1.807, 2.05) is 25.1 Å². The maximum Gasteiger partial charge on any atom is 0.259 e. The average Bonchev–Trinajstić information content (AvgIpc) is 2.97. The highest BCUT2D eigenvalue weighted by molar-refractivity contribution is 6.31. The highest BCUT2D eigenvalue weighted by Gasteiger charge is 2.17. The normalized spacial score (nSPS) is 10.7. The molecule has 3 rings (SSSR count). The molecule has 0 saturated heterocycles. The minimum Gasteiger partial charge on any atom is -0.376 e. The molecule has 0 spiro atoms. The average molecular weight is 373 g/mol. The van der Waals surface area contributed by atoms with Gasteiger partial charge in [-0.2, -0.15) is 5.10 Å². The standard InChI is InChI=1S/C19H18ClFN4O/c1-12-16(11-22-25(12)15-7-5-14(21)6-8-15)19(26)23-17-10-13(20)4-9-18(17)24(2)3/h4-11H,1-3H3,(H,23,26). The third-order valence-electron chi connectivity index (χ3n) is 4.01. The molecule has 3 aromatic rings. The molecule has 0 atom stereocenters. The molecule has 0 radical (unpaired) electrons. The Bertz CT molecular complexity index is 951. The molecule has 0 bridgehead atoms. The van der Waals surface area contributed by atoms with Crippen LogP contribution in [0.5, 0.6) is 0 Å². The lowest BCUT2D eigenvalue weighted by atomic mass is 10.2. The molecule has 1 amide bonds. The summed E-state index contributed by atoms with van der Waals surface area (Å²) >= 11 is 6.06. The van der Waals surface area contributed by atoms with Crippen LogP contribution in [0.4, 0.5) is 15.8 Å². The minimum atomic E-state index is -0.325. The van der Waals surface area contributed by atoms with Gasteiger partial charge in [-0.15, -0.1) is 0 Å². The van der Waals surface area contributed by atoms with E-state index in [1.54, 1.807) is 35.9 Å². The Morgan fingerprint density at radius 2 is 1.88 bits per heavy atom. The van der Waals surface area contributed by atoms with Gasteiger partial charge in [0.25, 0.3) is 5.91 Å². The van der Waals surface area contributed by atoms with Crippen molar-refractivity contribution in [1.29, 1.82) is 0 Å². The minimum absolute atomic E-state index is 0.291. The summed E-state index contributed by atoms with van der Waals surface area (Å²) in [6, 6.07) is 11.2. The van der Waals surface area contributed by atoms with E-state index >= 15 is 0 Å². The number of nitrogens with zero attached hydrogens (tertiary/aromatic N) is 3. The first-order valence-electron chi connectivity index (χ1n) is 7.95. The highest BCUT2D eigenvalue weighted by atomic mass is 35.5. The van der Waals surface area contributed by atoms with Crippen molar-refractivity contribution in [3.63, 3.8) is 0 Å². The number of aromatic nitrogens is 2. The lowest BCUT2D eigenvalue weighted by molar-refractivity contribution is 0.102. The van der Waals surface area contributed by atoms with Gasteiger partial charge < -0.3 is 10.2 Å². The fraction of sp³-hybridized carbons (Fsp3) is 0.158. The van der Waals surface area contributed by atoms with Crippen molar-refractivity contribution in [2.24, 2.45) is 0 Å². The highest BCUT2D eigenvalue weighted by Crippen LogP contribution is 2.28. The van der Waals surface area contributed by atoms with Crippen LogP contribution in [0, 0.1) is 12.7 Å². The molecule has 26 heavy (non-hydrogen) atoms. The van der Waals surface area contributed by atoms with Gasteiger partial charge in [-0.05, 0) is 49.4 Å². The van der Waals surface area contributed by atoms with Crippen molar-refractivity contribution in [2.75, 3.05) is 24.3 Å². The van der Waals surface area contributed by atoms with Gasteiger partial charge in [0.05, 0.1) is 34.5 Å². The van der Waals surface area contributed by atoms with Crippen molar-refractivity contribution >= 4 is 28.9 Å². The number of halogens is 2. The van der Waals surface area contributed by atoms with Crippen molar-refractivity contribution < 1.29 is 9.18 Å². The summed E-state index contributed by atoms with van der Waals surface area (Å²) in [5.74, 6) is -0.616. The largest absolute Gasteiger partial charge is 0.376 e. The quantitative estimate of drug-likeness (QED) is 0.743. The van der Waals surface area contributed by atoms with Gasteiger partial charge in [0.1, 0.15) is 5.82 Å². The van der Waals surface area contributed by atoms with Crippen LogP contribution >= 0.6 is 11.6 Å². The molecule has 0 aliphatic heterocycles. The maximum atomic E-state index is 13.1. The third-order valence-corrected chi connectivity index (χ3v) is 4.25. The number of hydrogen-bond donors (Lipinski definition) is 1. The molecule has 1 N–H and O–H groups in total. The molecular formula is C19H18ClFN4O. The molecule has 2 aromatic carbocycles. The van der Waals surface area contributed by atoms with Crippen molar-refractivity contribution in [3.8, 4) is 5.69 Å². The van der Waals surface area contributed by atoms with Gasteiger partial charge in [-0.25, -0.2) is 9.07 Å². The number of amides is 1. The van der Waals surface area contributed by atoms with E-state index in [0.29, 0.717) is 27.7 Å². The number of anilines is 2. The van der Waals surface area contributed by atoms with Gasteiger partial charge in [-0.1, -0.05) is 11.6 Å². The first kappa shape index (κ1) is 17.9. The number of rotatable bonds is 4. The number of nitrogens with one attached hydrogen (secondary N) is 1. The van der Waals surface area contributed by atoms with Crippen molar-refractivity contribution in [3.05, 3.63) is 70.8 Å². The van der Waals surface area contributed by atoms with Crippen LogP contribution in [-0.2, 0) is 0 Å².